The normalized spacial score (nSPS) is 22.9. The first kappa shape index (κ1) is 15.4. The van der Waals surface area contributed by atoms with Gasteiger partial charge >= 0.3 is 0 Å². The molecular weight excluding hydrogens is 326 g/mol. The average Bonchev–Trinajstić information content (AvgIpc) is 2.89. The predicted molar refractivity (Wildman–Crippen MR) is 88.0 cm³/mol. The number of hydrogen-bond acceptors (Lipinski definition) is 5. The fourth-order valence-corrected chi connectivity index (χ4v) is 6.93. The lowest BCUT2D eigenvalue weighted by molar-refractivity contribution is 0.0754. The highest BCUT2D eigenvalue weighted by atomic mass is 32.2. The van der Waals surface area contributed by atoms with E-state index >= 15 is 0 Å². The molecule has 1 amide bonds. The molecule has 1 aromatic heterocycles. The third-order valence-electron chi connectivity index (χ3n) is 4.05. The van der Waals surface area contributed by atoms with E-state index in [1.54, 1.807) is 28.0 Å². The van der Waals surface area contributed by atoms with Crippen LogP contribution in [-0.4, -0.2) is 48.9 Å². The van der Waals surface area contributed by atoms with Crippen molar-refractivity contribution in [3.05, 3.63) is 21.4 Å². The quantitative estimate of drug-likeness (QED) is 0.824. The molecule has 4 nitrogen and oxygen atoms in total. The molecule has 0 N–H and O–H groups in total. The topological polar surface area (TPSA) is 54.5 Å². The highest BCUT2D eigenvalue weighted by Gasteiger charge is 2.35. The second-order valence-electron chi connectivity index (χ2n) is 5.62. The number of fused-ring (bicyclic) bond motifs is 1. The molecule has 1 atom stereocenters. The fraction of sp³-hybridized carbons (Fsp3) is 0.643. The molecule has 116 valence electrons. The van der Waals surface area contributed by atoms with Crippen LogP contribution in [-0.2, 0) is 22.7 Å². The van der Waals surface area contributed by atoms with Gasteiger partial charge in [0.05, 0.1) is 4.88 Å². The number of sulfone groups is 1. The first-order chi connectivity index (χ1) is 9.97. The molecule has 2 heterocycles. The molecule has 7 heteroatoms. The Kier molecular flexibility index (Phi) is 4.34. The number of rotatable bonds is 2. The van der Waals surface area contributed by atoms with Gasteiger partial charge in [-0.3, -0.25) is 4.79 Å². The fourth-order valence-electron chi connectivity index (χ4n) is 2.91. The number of carbonyl (C=O) groups is 1. The van der Waals surface area contributed by atoms with E-state index in [2.05, 4.69) is 0 Å². The molecule has 0 saturated carbocycles. The van der Waals surface area contributed by atoms with Gasteiger partial charge in [-0.15, -0.1) is 11.3 Å². The van der Waals surface area contributed by atoms with Crippen molar-refractivity contribution in [2.24, 2.45) is 0 Å². The molecule has 0 bridgehead atoms. The van der Waals surface area contributed by atoms with Crippen molar-refractivity contribution in [3.63, 3.8) is 0 Å². The van der Waals surface area contributed by atoms with Crippen LogP contribution < -0.4 is 0 Å². The van der Waals surface area contributed by atoms with Crippen molar-refractivity contribution in [1.29, 1.82) is 0 Å². The van der Waals surface area contributed by atoms with E-state index in [4.69, 9.17) is 0 Å². The molecule has 0 unspecified atom stereocenters. The zero-order valence-corrected chi connectivity index (χ0v) is 14.5. The van der Waals surface area contributed by atoms with Crippen molar-refractivity contribution >= 4 is 38.8 Å². The molecule has 0 aromatic carbocycles. The summed E-state index contributed by atoms with van der Waals surface area (Å²) in [5.41, 5.74) is 1.29. The van der Waals surface area contributed by atoms with E-state index in [1.165, 1.54) is 29.5 Å². The van der Waals surface area contributed by atoms with Gasteiger partial charge in [0.15, 0.2) is 9.84 Å². The highest BCUT2D eigenvalue weighted by Crippen LogP contribution is 2.32. The van der Waals surface area contributed by atoms with Crippen LogP contribution in [0.1, 0.15) is 33.0 Å². The van der Waals surface area contributed by atoms with E-state index in [1.807, 2.05) is 6.07 Å². The molecule has 1 saturated heterocycles. The zero-order chi connectivity index (χ0) is 15.0. The number of hydrogen-bond donors (Lipinski definition) is 0. The van der Waals surface area contributed by atoms with E-state index in [9.17, 15) is 13.2 Å². The van der Waals surface area contributed by atoms with Gasteiger partial charge in [-0.25, -0.2) is 8.42 Å². The van der Waals surface area contributed by atoms with Crippen molar-refractivity contribution in [3.8, 4) is 0 Å². The summed E-state index contributed by atoms with van der Waals surface area (Å²) in [6.45, 7) is 0.518. The van der Waals surface area contributed by atoms with Gasteiger partial charge in [-0.05, 0) is 37.3 Å². The van der Waals surface area contributed by atoms with Gasteiger partial charge < -0.3 is 4.90 Å². The van der Waals surface area contributed by atoms with E-state index in [0.29, 0.717) is 17.2 Å². The molecule has 1 aromatic rings. The van der Waals surface area contributed by atoms with Gasteiger partial charge in [-0.1, -0.05) is 0 Å². The molecule has 2 aliphatic rings. The Morgan fingerprint density at radius 3 is 2.81 bits per heavy atom. The monoisotopic (exact) mass is 345 g/mol. The Labute approximate surface area is 133 Å². The van der Waals surface area contributed by atoms with Crippen molar-refractivity contribution in [1.82, 2.24) is 4.90 Å². The minimum Gasteiger partial charge on any atom is -0.319 e. The smallest absolute Gasteiger partial charge is 0.265 e. The van der Waals surface area contributed by atoms with Crippen molar-refractivity contribution in [2.45, 2.75) is 31.1 Å². The average molecular weight is 346 g/mol. The Hall–Kier alpha value is -0.530. The lowest BCUT2D eigenvalue weighted by Crippen LogP contribution is -2.49. The van der Waals surface area contributed by atoms with Gasteiger partial charge in [-0.2, -0.15) is 11.8 Å². The summed E-state index contributed by atoms with van der Waals surface area (Å²) in [4.78, 5) is 16.3. The molecule has 3 rings (SSSR count). The maximum absolute atomic E-state index is 12.7. The van der Waals surface area contributed by atoms with Gasteiger partial charge in [0.2, 0.25) is 0 Å². The number of thioether (sulfide) groups is 1. The number of nitrogens with zero attached hydrogens (tertiary/aromatic N) is 1. The van der Waals surface area contributed by atoms with Crippen LogP contribution in [0.4, 0.5) is 0 Å². The number of carbonyl (C=O) groups excluding carboxylic acids is 1. The molecule has 0 spiro atoms. The first-order valence-corrected chi connectivity index (χ1v) is 11.1. The van der Waals surface area contributed by atoms with Crippen molar-refractivity contribution in [2.75, 3.05) is 24.3 Å². The highest BCUT2D eigenvalue weighted by molar-refractivity contribution is 8.00. The number of amides is 1. The SMILES string of the molecule is CS(=O)(=O)[C@@H]1CSCCN1C(=O)c1cc2c(s1)CCCC2. The van der Waals surface area contributed by atoms with E-state index in [0.717, 1.165) is 18.6 Å². The number of aryl methyl sites for hydroxylation is 2. The molecule has 1 aliphatic heterocycles. The van der Waals surface area contributed by atoms with Crippen LogP contribution in [0.5, 0.6) is 0 Å². The second kappa shape index (κ2) is 5.93. The maximum atomic E-state index is 12.7. The molecule has 21 heavy (non-hydrogen) atoms. The van der Waals surface area contributed by atoms with E-state index in [-0.39, 0.29) is 5.91 Å². The molecular formula is C14H19NO3S3. The Morgan fingerprint density at radius 1 is 1.33 bits per heavy atom. The number of thiophene rings is 1. The Morgan fingerprint density at radius 2 is 2.10 bits per heavy atom. The van der Waals surface area contributed by atoms with Gasteiger partial charge in [0.25, 0.3) is 5.91 Å². The van der Waals surface area contributed by atoms with Crippen LogP contribution in [0.3, 0.4) is 0 Å². The molecule has 1 fully saturated rings. The summed E-state index contributed by atoms with van der Waals surface area (Å²) in [7, 11) is -3.24. The van der Waals surface area contributed by atoms with Crippen LogP contribution in [0, 0.1) is 0 Å². The van der Waals surface area contributed by atoms with Crippen LogP contribution in [0.15, 0.2) is 6.07 Å². The van der Waals surface area contributed by atoms with Crippen LogP contribution in [0.25, 0.3) is 0 Å². The Bertz CT molecular complexity index is 627. The van der Waals surface area contributed by atoms with Gasteiger partial charge in [0, 0.05) is 29.2 Å². The summed E-state index contributed by atoms with van der Waals surface area (Å²) in [5.74, 6) is 1.18. The summed E-state index contributed by atoms with van der Waals surface area (Å²) in [5, 5.41) is -0.678. The maximum Gasteiger partial charge on any atom is 0.265 e. The first-order valence-electron chi connectivity index (χ1n) is 7.16. The minimum absolute atomic E-state index is 0.106. The van der Waals surface area contributed by atoms with E-state index < -0.39 is 15.2 Å². The Balaban J connectivity index is 1.87. The lowest BCUT2D eigenvalue weighted by Gasteiger charge is -2.33. The summed E-state index contributed by atoms with van der Waals surface area (Å²) >= 11 is 3.16. The standard InChI is InChI=1S/C14H19NO3S3/c1-21(17,18)13-9-19-7-6-15(13)14(16)12-8-10-4-2-3-5-11(10)20-12/h8,13H,2-7,9H2,1H3/t13-/m1/s1. The van der Waals surface area contributed by atoms with Crippen LogP contribution in [0.2, 0.25) is 0 Å². The molecule has 1 aliphatic carbocycles. The third-order valence-corrected chi connectivity index (χ3v) is 7.92. The summed E-state index contributed by atoms with van der Waals surface area (Å²) in [6, 6.07) is 1.99. The third kappa shape index (κ3) is 3.14. The van der Waals surface area contributed by atoms with Crippen molar-refractivity contribution < 1.29 is 13.2 Å². The largest absolute Gasteiger partial charge is 0.319 e. The van der Waals surface area contributed by atoms with Crippen LogP contribution >= 0.6 is 23.1 Å². The predicted octanol–water partition coefficient (Wildman–Crippen LogP) is 2.19. The second-order valence-corrected chi connectivity index (χ2v) is 10.1. The molecule has 0 radical (unpaired) electrons. The zero-order valence-electron chi connectivity index (χ0n) is 12.0. The summed E-state index contributed by atoms with van der Waals surface area (Å²) in [6.07, 6.45) is 5.70. The summed E-state index contributed by atoms with van der Waals surface area (Å²) < 4.78 is 23.8. The lowest BCUT2D eigenvalue weighted by atomic mass is 9.99. The minimum atomic E-state index is -3.24. The van der Waals surface area contributed by atoms with Gasteiger partial charge in [0.1, 0.15) is 5.37 Å².